The van der Waals surface area contributed by atoms with Gasteiger partial charge in [0, 0.05) is 11.1 Å². The minimum Gasteiger partial charge on any atom is -0.427 e. The SMILES string of the molecule is C#CCO/N=C(/C(=O)NC1C(=O)N2C(C(=O)OCOC(=O)C(C)(C)C)=C(C=C)CSC12)c1csc(N)n1. The van der Waals surface area contributed by atoms with Crippen LogP contribution in [-0.2, 0) is 33.5 Å². The number of allylic oxidation sites excluding steroid dienone is 1. The largest absolute Gasteiger partial charge is 0.427 e. The second kappa shape index (κ2) is 11.5. The smallest absolute Gasteiger partial charge is 0.358 e. The van der Waals surface area contributed by atoms with Crippen LogP contribution in [0.1, 0.15) is 26.5 Å². The van der Waals surface area contributed by atoms with Gasteiger partial charge in [-0.15, -0.1) is 29.5 Å². The Bertz CT molecular complexity index is 1220. The van der Waals surface area contributed by atoms with Crippen molar-refractivity contribution in [1.29, 1.82) is 0 Å². The van der Waals surface area contributed by atoms with E-state index in [1.54, 1.807) is 20.8 Å². The Labute approximate surface area is 221 Å². The van der Waals surface area contributed by atoms with Crippen LogP contribution < -0.4 is 11.1 Å². The van der Waals surface area contributed by atoms with Gasteiger partial charge in [-0.25, -0.2) is 9.78 Å². The molecule has 0 spiro atoms. The molecule has 2 unspecified atom stereocenters. The summed E-state index contributed by atoms with van der Waals surface area (Å²) in [6.07, 6.45) is 6.60. The number of hydrogen-bond donors (Lipinski definition) is 2. The first-order valence-corrected chi connectivity index (χ1v) is 12.7. The zero-order chi connectivity index (χ0) is 27.3. The predicted octanol–water partition coefficient (Wildman–Crippen LogP) is 1.01. The van der Waals surface area contributed by atoms with Crippen molar-refractivity contribution in [2.45, 2.75) is 32.2 Å². The van der Waals surface area contributed by atoms with E-state index in [9.17, 15) is 19.2 Å². The van der Waals surface area contributed by atoms with Crippen LogP contribution in [0, 0.1) is 17.8 Å². The number of carbonyl (C=O) groups excluding carboxylic acids is 4. The summed E-state index contributed by atoms with van der Waals surface area (Å²) in [6, 6.07) is -0.973. The molecule has 1 aromatic rings. The molecule has 0 saturated carbocycles. The first-order chi connectivity index (χ1) is 17.5. The molecule has 1 saturated heterocycles. The van der Waals surface area contributed by atoms with Crippen molar-refractivity contribution < 1.29 is 33.5 Å². The Morgan fingerprint density at radius 1 is 1.41 bits per heavy atom. The summed E-state index contributed by atoms with van der Waals surface area (Å²) in [7, 11) is 0. The topological polar surface area (TPSA) is 163 Å². The predicted molar refractivity (Wildman–Crippen MR) is 137 cm³/mol. The molecule has 0 bridgehead atoms. The number of nitrogens with two attached hydrogens (primary N) is 1. The lowest BCUT2D eigenvalue weighted by molar-refractivity contribution is -0.173. The molecule has 37 heavy (non-hydrogen) atoms. The van der Waals surface area contributed by atoms with Gasteiger partial charge in [0.15, 0.2) is 17.5 Å². The maximum atomic E-state index is 13.0. The molecule has 0 aromatic carbocycles. The highest BCUT2D eigenvalue weighted by Crippen LogP contribution is 2.41. The van der Waals surface area contributed by atoms with Crippen molar-refractivity contribution in [3.63, 3.8) is 0 Å². The molecule has 3 heterocycles. The summed E-state index contributed by atoms with van der Waals surface area (Å²) in [5, 5.41) is 7.47. The van der Waals surface area contributed by atoms with Gasteiger partial charge < -0.3 is 25.4 Å². The van der Waals surface area contributed by atoms with E-state index < -0.39 is 47.4 Å². The summed E-state index contributed by atoms with van der Waals surface area (Å²) in [4.78, 5) is 61.0. The van der Waals surface area contributed by atoms with Crippen LogP contribution >= 0.6 is 23.1 Å². The third-order valence-electron chi connectivity index (χ3n) is 5.00. The number of carbonyl (C=O) groups is 4. The molecule has 0 aliphatic carbocycles. The van der Waals surface area contributed by atoms with Crippen LogP contribution in [-0.4, -0.2) is 69.9 Å². The van der Waals surface area contributed by atoms with E-state index in [1.165, 1.54) is 28.1 Å². The molecule has 2 amide bonds. The zero-order valence-corrected chi connectivity index (χ0v) is 21.9. The Morgan fingerprint density at radius 2 is 2.14 bits per heavy atom. The van der Waals surface area contributed by atoms with Gasteiger partial charge in [-0.2, -0.15) is 0 Å². The first-order valence-electron chi connectivity index (χ1n) is 10.8. The lowest BCUT2D eigenvalue weighted by Gasteiger charge is -2.49. The number of anilines is 1. The Kier molecular flexibility index (Phi) is 8.61. The fourth-order valence-corrected chi connectivity index (χ4v) is 5.04. The van der Waals surface area contributed by atoms with Crippen LogP contribution in [0.4, 0.5) is 5.13 Å². The summed E-state index contributed by atoms with van der Waals surface area (Å²) in [6.45, 7) is 7.88. The number of thiazole rings is 1. The minimum absolute atomic E-state index is 0.0282. The number of nitrogens with zero attached hydrogens (tertiary/aromatic N) is 3. The Hall–Kier alpha value is -3.83. The third kappa shape index (κ3) is 6.12. The van der Waals surface area contributed by atoms with E-state index >= 15 is 0 Å². The maximum Gasteiger partial charge on any atom is 0.358 e. The van der Waals surface area contributed by atoms with Crippen LogP contribution in [0.5, 0.6) is 0 Å². The van der Waals surface area contributed by atoms with Crippen molar-refractivity contribution in [3.8, 4) is 12.3 Å². The van der Waals surface area contributed by atoms with E-state index in [0.717, 1.165) is 11.3 Å². The average molecular weight is 548 g/mol. The molecule has 3 rings (SSSR count). The number of oxime groups is 1. The van der Waals surface area contributed by atoms with Crippen LogP contribution in [0.25, 0.3) is 0 Å². The van der Waals surface area contributed by atoms with Gasteiger partial charge in [0.2, 0.25) is 6.79 Å². The number of nitrogens with one attached hydrogen (secondary N) is 1. The number of ether oxygens (including phenoxy) is 2. The molecule has 0 radical (unpaired) electrons. The van der Waals surface area contributed by atoms with Gasteiger partial charge in [-0.05, 0) is 26.3 Å². The van der Waals surface area contributed by atoms with Gasteiger partial charge >= 0.3 is 11.9 Å². The number of hydrogen-bond acceptors (Lipinski definition) is 12. The summed E-state index contributed by atoms with van der Waals surface area (Å²) < 4.78 is 10.1. The highest BCUT2D eigenvalue weighted by molar-refractivity contribution is 8.00. The number of β-lactam (4-membered cyclic amide) rings is 1. The molecule has 196 valence electrons. The number of aromatic nitrogens is 1. The number of amides is 2. The lowest BCUT2D eigenvalue weighted by Crippen LogP contribution is -2.71. The van der Waals surface area contributed by atoms with E-state index in [-0.39, 0.29) is 28.8 Å². The summed E-state index contributed by atoms with van der Waals surface area (Å²) >= 11 is 2.42. The molecule has 1 aromatic heterocycles. The number of thioether (sulfide) groups is 1. The van der Waals surface area contributed by atoms with Crippen molar-refractivity contribution in [2.24, 2.45) is 10.6 Å². The van der Waals surface area contributed by atoms with Crippen molar-refractivity contribution in [1.82, 2.24) is 15.2 Å². The van der Waals surface area contributed by atoms with E-state index in [1.807, 2.05) is 0 Å². The van der Waals surface area contributed by atoms with Gasteiger partial charge in [0.1, 0.15) is 22.8 Å². The quantitative estimate of drug-likeness (QED) is 0.0868. The van der Waals surface area contributed by atoms with Crippen LogP contribution in [0.3, 0.4) is 0 Å². The van der Waals surface area contributed by atoms with Crippen molar-refractivity contribution >= 4 is 57.7 Å². The molecule has 2 aliphatic rings. The standard InChI is InChI=1S/C23H25N5O7S2/c1-6-8-35-27-14(13-10-37-22(24)25-13)17(29)26-15-18(30)28-16(12(7-2)9-36-19(15)28)20(31)33-11-34-21(32)23(3,4)5/h1,7,10,15,19H,2,8-9,11H2,3-5H3,(H2,24,25)(H,26,29)/b27-14+. The highest BCUT2D eigenvalue weighted by Gasteiger charge is 2.54. The Morgan fingerprint density at radius 3 is 2.73 bits per heavy atom. The number of fused-ring (bicyclic) bond motifs is 1. The van der Waals surface area contributed by atoms with Crippen molar-refractivity contribution in [3.05, 3.63) is 35.0 Å². The molecule has 3 N–H and O–H groups in total. The van der Waals surface area contributed by atoms with Gasteiger partial charge in [-0.3, -0.25) is 19.3 Å². The van der Waals surface area contributed by atoms with Crippen LogP contribution in [0.15, 0.2) is 34.5 Å². The van der Waals surface area contributed by atoms with Crippen molar-refractivity contribution in [2.75, 3.05) is 24.9 Å². The highest BCUT2D eigenvalue weighted by atomic mass is 32.2. The monoisotopic (exact) mass is 547 g/mol. The number of esters is 2. The lowest BCUT2D eigenvalue weighted by atomic mass is 9.98. The molecule has 1 fully saturated rings. The maximum absolute atomic E-state index is 13.0. The second-order valence-electron chi connectivity index (χ2n) is 8.66. The van der Waals surface area contributed by atoms with Gasteiger partial charge in [0.25, 0.3) is 11.8 Å². The fourth-order valence-electron chi connectivity index (χ4n) is 3.15. The fraction of sp³-hybridized carbons (Fsp3) is 0.391. The van der Waals surface area contributed by atoms with Gasteiger partial charge in [-0.1, -0.05) is 23.7 Å². The van der Waals surface area contributed by atoms with E-state index in [2.05, 4.69) is 28.0 Å². The molecule has 2 atom stereocenters. The molecule has 14 heteroatoms. The Balaban J connectivity index is 1.72. The molecule has 2 aliphatic heterocycles. The zero-order valence-electron chi connectivity index (χ0n) is 20.3. The van der Waals surface area contributed by atoms with E-state index in [0.29, 0.717) is 11.3 Å². The molecular weight excluding hydrogens is 522 g/mol. The number of rotatable bonds is 9. The summed E-state index contributed by atoms with van der Waals surface area (Å²) in [5.74, 6) is -0.148. The first kappa shape index (κ1) is 27.8. The number of nitrogen functional groups attached to an aromatic ring is 1. The second-order valence-corrected chi connectivity index (χ2v) is 10.7. The van der Waals surface area contributed by atoms with E-state index in [4.69, 9.17) is 26.5 Å². The minimum atomic E-state index is -0.973. The average Bonchev–Trinajstić information content (AvgIpc) is 3.28. The van der Waals surface area contributed by atoms with Crippen LogP contribution in [0.2, 0.25) is 0 Å². The molecular formula is C23H25N5O7S2. The third-order valence-corrected chi connectivity index (χ3v) is 6.98. The van der Waals surface area contributed by atoms with Gasteiger partial charge in [0.05, 0.1) is 5.41 Å². The number of terminal acetylenes is 1. The molecule has 12 nitrogen and oxygen atoms in total. The normalized spacial score (nSPS) is 19.2. The summed E-state index contributed by atoms with van der Waals surface area (Å²) in [5.41, 5.74) is 5.27.